The van der Waals surface area contributed by atoms with Crippen LogP contribution in [0.5, 0.6) is 12.0 Å². The standard InChI is InChI=1S/C15H14N6O6S/c1-25-14-18-12(19-15(20-14)26-2)17-13(22)21-28(23,24)11-6-4-3-5-10(11)9-7-16-27-8-9/h3-8H,1-2H3,(H2,17,18,19,20,21,22). The normalized spacial score (nSPS) is 10.9. The fourth-order valence-electron chi connectivity index (χ4n) is 2.16. The zero-order valence-corrected chi connectivity index (χ0v) is 15.4. The van der Waals surface area contributed by atoms with E-state index in [2.05, 4.69) is 25.4 Å². The molecule has 0 bridgehead atoms. The fraction of sp³-hybridized carbons (Fsp3) is 0.133. The Bertz CT molecular complexity index is 1060. The number of hydrogen-bond acceptors (Lipinski definition) is 10. The quantitative estimate of drug-likeness (QED) is 0.606. The lowest BCUT2D eigenvalue weighted by molar-refractivity contribution is 0.256. The van der Waals surface area contributed by atoms with Crippen LogP contribution >= 0.6 is 0 Å². The van der Waals surface area contributed by atoms with Crippen molar-refractivity contribution in [1.82, 2.24) is 24.8 Å². The molecule has 0 fully saturated rings. The van der Waals surface area contributed by atoms with Crippen molar-refractivity contribution in [2.24, 2.45) is 0 Å². The second kappa shape index (κ2) is 7.87. The highest BCUT2D eigenvalue weighted by Crippen LogP contribution is 2.26. The first-order valence-corrected chi connectivity index (χ1v) is 9.08. The highest BCUT2D eigenvalue weighted by molar-refractivity contribution is 7.90. The molecule has 3 aromatic rings. The number of benzene rings is 1. The summed E-state index contributed by atoms with van der Waals surface area (Å²) in [7, 11) is -1.61. The third-order valence-corrected chi connectivity index (χ3v) is 4.72. The van der Waals surface area contributed by atoms with Crippen LogP contribution < -0.4 is 19.5 Å². The highest BCUT2D eigenvalue weighted by atomic mass is 32.2. The minimum atomic E-state index is -4.23. The number of carbonyl (C=O) groups is 1. The molecule has 13 heteroatoms. The molecule has 0 spiro atoms. The van der Waals surface area contributed by atoms with Gasteiger partial charge in [-0.3, -0.25) is 5.32 Å². The molecule has 2 N–H and O–H groups in total. The zero-order valence-electron chi connectivity index (χ0n) is 14.6. The van der Waals surface area contributed by atoms with Gasteiger partial charge in [-0.2, -0.15) is 9.97 Å². The molecule has 3 rings (SSSR count). The Morgan fingerprint density at radius 2 is 1.75 bits per heavy atom. The molecule has 0 aliphatic heterocycles. The van der Waals surface area contributed by atoms with E-state index < -0.39 is 16.1 Å². The molecule has 12 nitrogen and oxygen atoms in total. The summed E-state index contributed by atoms with van der Waals surface area (Å²) in [6, 6.07) is 4.73. The Morgan fingerprint density at radius 1 is 1.07 bits per heavy atom. The van der Waals surface area contributed by atoms with Gasteiger partial charge in [0.1, 0.15) is 6.26 Å². The van der Waals surface area contributed by atoms with Gasteiger partial charge in [-0.05, 0) is 6.07 Å². The van der Waals surface area contributed by atoms with E-state index >= 15 is 0 Å². The van der Waals surface area contributed by atoms with E-state index in [1.807, 2.05) is 4.72 Å². The minimum absolute atomic E-state index is 0.122. The lowest BCUT2D eigenvalue weighted by Crippen LogP contribution is -2.35. The first kappa shape index (κ1) is 19.0. The Morgan fingerprint density at radius 3 is 2.36 bits per heavy atom. The largest absolute Gasteiger partial charge is 0.467 e. The van der Waals surface area contributed by atoms with E-state index in [-0.39, 0.29) is 22.9 Å². The Balaban J connectivity index is 1.83. The maximum Gasteiger partial charge on any atom is 0.335 e. The summed E-state index contributed by atoms with van der Waals surface area (Å²) in [5, 5.41) is 5.74. The molecule has 1 aromatic carbocycles. The van der Waals surface area contributed by atoms with Crippen LogP contribution in [0, 0.1) is 0 Å². The van der Waals surface area contributed by atoms with Gasteiger partial charge in [0, 0.05) is 11.1 Å². The number of urea groups is 1. The van der Waals surface area contributed by atoms with Gasteiger partial charge in [0.2, 0.25) is 5.95 Å². The van der Waals surface area contributed by atoms with Crippen molar-refractivity contribution in [3.05, 3.63) is 36.7 Å². The molecule has 2 aromatic heterocycles. The van der Waals surface area contributed by atoms with Crippen LogP contribution in [0.4, 0.5) is 10.7 Å². The molecule has 146 valence electrons. The molecule has 0 unspecified atom stereocenters. The lowest BCUT2D eigenvalue weighted by atomic mass is 10.1. The summed E-state index contributed by atoms with van der Waals surface area (Å²) in [4.78, 5) is 23.4. The van der Waals surface area contributed by atoms with Gasteiger partial charge in [-0.25, -0.2) is 17.9 Å². The molecule has 2 amide bonds. The van der Waals surface area contributed by atoms with Crippen molar-refractivity contribution in [3.8, 4) is 23.1 Å². The number of carbonyl (C=O) groups excluding carboxylic acids is 1. The van der Waals surface area contributed by atoms with Crippen molar-refractivity contribution < 1.29 is 27.2 Å². The zero-order chi connectivity index (χ0) is 20.1. The number of ether oxygens (including phenoxy) is 2. The number of sulfonamides is 1. The highest BCUT2D eigenvalue weighted by Gasteiger charge is 2.23. The van der Waals surface area contributed by atoms with Crippen LogP contribution in [0.15, 0.2) is 46.1 Å². The predicted octanol–water partition coefficient (Wildman–Crippen LogP) is 1.05. The average Bonchev–Trinajstić information content (AvgIpc) is 3.21. The third kappa shape index (κ3) is 4.15. The number of methoxy groups -OCH3 is 2. The molecule has 28 heavy (non-hydrogen) atoms. The van der Waals surface area contributed by atoms with E-state index in [9.17, 15) is 13.2 Å². The Hall–Kier alpha value is -3.74. The SMILES string of the molecule is COc1nc(NC(=O)NS(=O)(=O)c2ccccc2-c2cnoc2)nc(OC)n1. The van der Waals surface area contributed by atoms with Gasteiger partial charge in [-0.15, -0.1) is 4.98 Å². The summed E-state index contributed by atoms with van der Waals surface area (Å²) < 4.78 is 41.7. The van der Waals surface area contributed by atoms with Crippen molar-refractivity contribution in [1.29, 1.82) is 0 Å². The predicted molar refractivity (Wildman–Crippen MR) is 94.2 cm³/mol. The van der Waals surface area contributed by atoms with Crippen LogP contribution in [0.3, 0.4) is 0 Å². The number of hydrogen-bond donors (Lipinski definition) is 2. The van der Waals surface area contributed by atoms with Crippen LogP contribution in [-0.4, -0.2) is 48.8 Å². The number of anilines is 1. The van der Waals surface area contributed by atoms with E-state index in [1.54, 1.807) is 12.1 Å². The van der Waals surface area contributed by atoms with Crippen molar-refractivity contribution >= 4 is 22.0 Å². The molecule has 0 atom stereocenters. The summed E-state index contributed by atoms with van der Waals surface area (Å²) in [5.41, 5.74) is 0.751. The van der Waals surface area contributed by atoms with Crippen molar-refractivity contribution in [3.63, 3.8) is 0 Å². The smallest absolute Gasteiger partial charge is 0.335 e. The first-order chi connectivity index (χ1) is 13.4. The molecule has 0 aliphatic carbocycles. The van der Waals surface area contributed by atoms with Gasteiger partial charge < -0.3 is 14.0 Å². The van der Waals surface area contributed by atoms with Gasteiger partial charge in [0.05, 0.1) is 25.3 Å². The Labute approximate surface area is 159 Å². The van der Waals surface area contributed by atoms with E-state index in [0.29, 0.717) is 11.1 Å². The monoisotopic (exact) mass is 406 g/mol. The van der Waals surface area contributed by atoms with Crippen LogP contribution in [0.25, 0.3) is 11.1 Å². The molecule has 0 radical (unpaired) electrons. The molecular weight excluding hydrogens is 392 g/mol. The summed E-state index contributed by atoms with van der Waals surface area (Å²) >= 11 is 0. The van der Waals surface area contributed by atoms with Gasteiger partial charge >= 0.3 is 18.1 Å². The average molecular weight is 406 g/mol. The van der Waals surface area contributed by atoms with Crippen LogP contribution in [-0.2, 0) is 10.0 Å². The fourth-order valence-corrected chi connectivity index (χ4v) is 3.30. The topological polar surface area (TPSA) is 158 Å². The summed E-state index contributed by atoms with van der Waals surface area (Å²) in [5.74, 6) is -0.260. The van der Waals surface area contributed by atoms with Crippen molar-refractivity contribution in [2.45, 2.75) is 4.90 Å². The summed E-state index contributed by atoms with van der Waals surface area (Å²) in [6.45, 7) is 0. The van der Waals surface area contributed by atoms with Gasteiger partial charge in [-0.1, -0.05) is 23.4 Å². The van der Waals surface area contributed by atoms with Gasteiger partial charge in [0.15, 0.2) is 0 Å². The van der Waals surface area contributed by atoms with Crippen LogP contribution in [0.2, 0.25) is 0 Å². The number of rotatable bonds is 6. The lowest BCUT2D eigenvalue weighted by Gasteiger charge is -2.11. The summed E-state index contributed by atoms with van der Waals surface area (Å²) in [6.07, 6.45) is 2.65. The maximum absolute atomic E-state index is 12.7. The third-order valence-electron chi connectivity index (χ3n) is 3.33. The van der Waals surface area contributed by atoms with E-state index in [1.165, 1.54) is 38.8 Å². The number of aromatic nitrogens is 4. The first-order valence-electron chi connectivity index (χ1n) is 7.59. The second-order valence-electron chi connectivity index (χ2n) is 5.10. The number of nitrogens with one attached hydrogen (secondary N) is 2. The number of amides is 2. The molecule has 2 heterocycles. The second-order valence-corrected chi connectivity index (χ2v) is 6.75. The van der Waals surface area contributed by atoms with E-state index in [0.717, 1.165) is 0 Å². The molecule has 0 saturated heterocycles. The molecule has 0 saturated carbocycles. The van der Waals surface area contributed by atoms with Crippen molar-refractivity contribution in [2.75, 3.05) is 19.5 Å². The molecule has 0 aliphatic rings. The minimum Gasteiger partial charge on any atom is -0.467 e. The van der Waals surface area contributed by atoms with Crippen LogP contribution in [0.1, 0.15) is 0 Å². The number of nitrogens with zero attached hydrogens (tertiary/aromatic N) is 4. The van der Waals surface area contributed by atoms with E-state index in [4.69, 9.17) is 14.0 Å². The maximum atomic E-state index is 12.7. The van der Waals surface area contributed by atoms with Gasteiger partial charge in [0.25, 0.3) is 10.0 Å². The Kier molecular flexibility index (Phi) is 5.35. The molecular formula is C15H14N6O6S.